The molecule has 0 radical (unpaired) electrons. The van der Waals surface area contributed by atoms with E-state index in [0.717, 1.165) is 47.7 Å². The smallest absolute Gasteiger partial charge is 0.254 e. The molecule has 23 heavy (non-hydrogen) atoms. The largest absolute Gasteiger partial charge is 0.311 e. The molecule has 122 valence electrons. The molecule has 1 aromatic heterocycles. The summed E-state index contributed by atoms with van der Waals surface area (Å²) >= 11 is 0. The molecule has 1 saturated carbocycles. The minimum absolute atomic E-state index is 0.0999. The third-order valence-corrected chi connectivity index (χ3v) is 6.72. The summed E-state index contributed by atoms with van der Waals surface area (Å²) in [5.41, 5.74) is 2.12. The fraction of sp³-hybridized carbons (Fsp3) is 0.684. The number of hydrogen-bond acceptors (Lipinski definition) is 3. The van der Waals surface area contributed by atoms with Gasteiger partial charge in [-0.15, -0.1) is 0 Å². The van der Waals surface area contributed by atoms with Gasteiger partial charge in [0.15, 0.2) is 0 Å². The third kappa shape index (κ3) is 2.22. The van der Waals surface area contributed by atoms with Crippen LogP contribution in [0.25, 0.3) is 0 Å². The molecule has 0 unspecified atom stereocenters. The molecule has 4 nitrogen and oxygen atoms in total. The first kappa shape index (κ1) is 14.0. The van der Waals surface area contributed by atoms with Crippen LogP contribution >= 0.6 is 0 Å². The summed E-state index contributed by atoms with van der Waals surface area (Å²) in [7, 11) is 0. The maximum absolute atomic E-state index is 12.3. The lowest BCUT2D eigenvalue weighted by Crippen LogP contribution is -2.41. The molecular formula is C19H25N3O. The Bertz CT molecular complexity index is 722. The van der Waals surface area contributed by atoms with Crippen molar-refractivity contribution >= 4 is 0 Å². The number of hydrogen-bond donors (Lipinski definition) is 1. The quantitative estimate of drug-likeness (QED) is 0.852. The molecule has 1 aromatic rings. The summed E-state index contributed by atoms with van der Waals surface area (Å²) in [6.45, 7) is 3.12. The van der Waals surface area contributed by atoms with Crippen molar-refractivity contribution in [2.75, 3.05) is 6.54 Å². The Hall–Kier alpha value is -1.42. The third-order valence-electron chi connectivity index (χ3n) is 6.72. The number of H-pyrrole nitrogens is 1. The van der Waals surface area contributed by atoms with Gasteiger partial charge < -0.3 is 4.98 Å². The summed E-state index contributed by atoms with van der Waals surface area (Å²) < 4.78 is 0. The first-order valence-corrected chi connectivity index (χ1v) is 9.20. The second-order valence-electron chi connectivity index (χ2n) is 8.11. The molecule has 0 amide bonds. The minimum Gasteiger partial charge on any atom is -0.311 e. The molecule has 2 aliphatic heterocycles. The monoisotopic (exact) mass is 311 g/mol. The zero-order valence-corrected chi connectivity index (χ0v) is 13.8. The number of aromatic nitrogens is 2. The Balaban J connectivity index is 1.42. The van der Waals surface area contributed by atoms with Crippen LogP contribution in [0.2, 0.25) is 0 Å². The number of rotatable bonds is 2. The molecule has 1 N–H and O–H groups in total. The summed E-state index contributed by atoms with van der Waals surface area (Å²) in [6, 6.07) is 1.15. The molecule has 0 aromatic carbocycles. The maximum atomic E-state index is 12.3. The molecule has 5 atom stereocenters. The van der Waals surface area contributed by atoms with Crippen molar-refractivity contribution in [1.82, 2.24) is 14.9 Å². The van der Waals surface area contributed by atoms with Crippen molar-refractivity contribution in [1.29, 1.82) is 0 Å². The highest BCUT2D eigenvalue weighted by atomic mass is 16.1. The molecule has 4 heteroatoms. The summed E-state index contributed by atoms with van der Waals surface area (Å²) in [6.07, 6.45) is 12.0. The Morgan fingerprint density at radius 1 is 1.22 bits per heavy atom. The molecule has 2 aliphatic carbocycles. The number of nitrogens with one attached hydrogen (secondary N) is 1. The van der Waals surface area contributed by atoms with E-state index in [4.69, 9.17) is 0 Å². The van der Waals surface area contributed by atoms with Crippen molar-refractivity contribution in [3.05, 3.63) is 39.6 Å². The second kappa shape index (κ2) is 5.04. The van der Waals surface area contributed by atoms with Crippen LogP contribution in [0.15, 0.2) is 16.9 Å². The highest BCUT2D eigenvalue weighted by Gasteiger charge is 2.42. The van der Waals surface area contributed by atoms with Gasteiger partial charge in [-0.3, -0.25) is 9.69 Å². The van der Waals surface area contributed by atoms with Gasteiger partial charge in [0.2, 0.25) is 0 Å². The average Bonchev–Trinajstić information content (AvgIpc) is 3.16. The van der Waals surface area contributed by atoms with Gasteiger partial charge in [0.1, 0.15) is 5.82 Å². The van der Waals surface area contributed by atoms with Crippen LogP contribution in [0.1, 0.15) is 42.8 Å². The zero-order chi connectivity index (χ0) is 15.6. The van der Waals surface area contributed by atoms with Crippen LogP contribution in [0.4, 0.5) is 0 Å². The Kier molecular flexibility index (Phi) is 3.06. The van der Waals surface area contributed by atoms with Crippen LogP contribution in [-0.2, 0) is 12.8 Å². The van der Waals surface area contributed by atoms with Gasteiger partial charge >= 0.3 is 0 Å². The van der Waals surface area contributed by atoms with Crippen LogP contribution in [0.3, 0.4) is 0 Å². The topological polar surface area (TPSA) is 49.0 Å². The van der Waals surface area contributed by atoms with Crippen molar-refractivity contribution in [2.24, 2.45) is 17.8 Å². The molecule has 4 bridgehead atoms. The van der Waals surface area contributed by atoms with Gasteiger partial charge in [-0.05, 0) is 56.8 Å². The SMILES string of the molecule is Cc1nc2c(c(=O)[nH]1)C[C@H]1CC[C@H](C2)N1C[C@@H]1C[C@H]2C=C[C@H]1C2. The Morgan fingerprint density at radius 3 is 2.78 bits per heavy atom. The molecule has 2 fully saturated rings. The molecule has 5 rings (SSSR count). The fourth-order valence-electron chi connectivity index (χ4n) is 5.63. The molecular weight excluding hydrogens is 286 g/mol. The minimum atomic E-state index is 0.0999. The normalized spacial score (nSPS) is 38.0. The van der Waals surface area contributed by atoms with E-state index in [1.165, 1.54) is 32.2 Å². The lowest BCUT2D eigenvalue weighted by atomic mass is 9.92. The zero-order valence-electron chi connectivity index (χ0n) is 13.8. The van der Waals surface area contributed by atoms with Crippen molar-refractivity contribution in [2.45, 2.75) is 57.5 Å². The first-order chi connectivity index (χ1) is 11.2. The molecule has 3 heterocycles. The van der Waals surface area contributed by atoms with E-state index in [1.54, 1.807) is 0 Å². The van der Waals surface area contributed by atoms with E-state index in [0.29, 0.717) is 12.1 Å². The standard InChI is InChI=1S/C19H25N3O/c1-11-20-18-9-16-5-4-15(8-17(18)19(23)21-11)22(16)10-14-7-12-2-3-13(14)6-12/h2-3,12-16H,4-10H2,1H3,(H,20,21,23)/t12-,13-,14-,15+,16+/m0/s1. The summed E-state index contributed by atoms with van der Waals surface area (Å²) in [5, 5.41) is 0. The number of aromatic amines is 1. The van der Waals surface area contributed by atoms with E-state index < -0.39 is 0 Å². The van der Waals surface area contributed by atoms with Crippen LogP contribution in [0.5, 0.6) is 0 Å². The predicted molar refractivity (Wildman–Crippen MR) is 89.4 cm³/mol. The number of fused-ring (bicyclic) bond motifs is 5. The van der Waals surface area contributed by atoms with E-state index in [2.05, 4.69) is 27.0 Å². The number of allylic oxidation sites excluding steroid dienone is 2. The Labute approximate surface area is 137 Å². The second-order valence-corrected chi connectivity index (χ2v) is 8.11. The van der Waals surface area contributed by atoms with Crippen LogP contribution < -0.4 is 5.56 Å². The molecule has 1 saturated heterocycles. The molecule has 4 aliphatic rings. The van der Waals surface area contributed by atoms with E-state index in [-0.39, 0.29) is 5.56 Å². The van der Waals surface area contributed by atoms with Crippen molar-refractivity contribution in [3.63, 3.8) is 0 Å². The number of aryl methyl sites for hydroxylation is 1. The summed E-state index contributed by atoms with van der Waals surface area (Å²) in [4.78, 5) is 22.7. The van der Waals surface area contributed by atoms with Gasteiger partial charge in [-0.2, -0.15) is 0 Å². The van der Waals surface area contributed by atoms with E-state index in [1.807, 2.05) is 6.92 Å². The molecule has 0 spiro atoms. The highest BCUT2D eigenvalue weighted by Crippen LogP contribution is 2.45. The number of nitrogens with zero attached hydrogens (tertiary/aromatic N) is 2. The average molecular weight is 311 g/mol. The highest BCUT2D eigenvalue weighted by molar-refractivity contribution is 5.24. The maximum Gasteiger partial charge on any atom is 0.254 e. The van der Waals surface area contributed by atoms with E-state index >= 15 is 0 Å². The van der Waals surface area contributed by atoms with Gasteiger partial charge in [-0.1, -0.05) is 12.2 Å². The Morgan fingerprint density at radius 2 is 2.04 bits per heavy atom. The lowest BCUT2D eigenvalue weighted by molar-refractivity contribution is 0.154. The van der Waals surface area contributed by atoms with Crippen LogP contribution in [-0.4, -0.2) is 33.5 Å². The van der Waals surface area contributed by atoms with Gasteiger partial charge in [0, 0.05) is 30.6 Å². The first-order valence-electron chi connectivity index (χ1n) is 9.20. The van der Waals surface area contributed by atoms with Gasteiger partial charge in [-0.25, -0.2) is 4.98 Å². The lowest BCUT2D eigenvalue weighted by Gasteiger charge is -2.32. The predicted octanol–water partition coefficient (Wildman–Crippen LogP) is 2.22. The van der Waals surface area contributed by atoms with Crippen LogP contribution in [0, 0.1) is 24.7 Å². The van der Waals surface area contributed by atoms with Gasteiger partial charge in [0.25, 0.3) is 5.56 Å². The van der Waals surface area contributed by atoms with Crippen molar-refractivity contribution < 1.29 is 0 Å². The van der Waals surface area contributed by atoms with Crippen molar-refractivity contribution in [3.8, 4) is 0 Å². The summed E-state index contributed by atoms with van der Waals surface area (Å²) in [5.74, 6) is 3.26. The van der Waals surface area contributed by atoms with E-state index in [9.17, 15) is 4.79 Å². The fourth-order valence-corrected chi connectivity index (χ4v) is 5.63. The van der Waals surface area contributed by atoms with Gasteiger partial charge in [0.05, 0.1) is 5.69 Å².